The highest BCUT2D eigenvalue weighted by Crippen LogP contribution is 2.21. The van der Waals surface area contributed by atoms with Crippen molar-refractivity contribution in [1.82, 2.24) is 4.72 Å². The van der Waals surface area contributed by atoms with E-state index in [-0.39, 0.29) is 17.5 Å². The molecule has 0 saturated carbocycles. The van der Waals surface area contributed by atoms with E-state index in [1.54, 1.807) is 39.0 Å². The van der Waals surface area contributed by atoms with Crippen LogP contribution in [0.15, 0.2) is 29.2 Å². The summed E-state index contributed by atoms with van der Waals surface area (Å²) in [7, 11) is -3.62. The Morgan fingerprint density at radius 2 is 1.90 bits per heavy atom. The standard InChI is InChI=1S/C14H22N2O4S/c1-4-11(14(17)18)9-15-12-7-5-6-8-13(12)21(19,20)16-10(2)3/h5-8,10-11,15-16H,4,9H2,1-3H3,(H,17,18). The molecule has 0 spiro atoms. The molecule has 6 nitrogen and oxygen atoms in total. The smallest absolute Gasteiger partial charge is 0.308 e. The first-order valence-corrected chi connectivity index (χ1v) is 8.34. The van der Waals surface area contributed by atoms with Crippen molar-refractivity contribution in [2.24, 2.45) is 5.92 Å². The Morgan fingerprint density at radius 3 is 2.43 bits per heavy atom. The van der Waals surface area contributed by atoms with Gasteiger partial charge < -0.3 is 10.4 Å². The van der Waals surface area contributed by atoms with Crippen LogP contribution in [0.4, 0.5) is 5.69 Å². The normalized spacial score (nSPS) is 13.1. The fourth-order valence-corrected chi connectivity index (χ4v) is 3.30. The zero-order chi connectivity index (χ0) is 16.0. The van der Waals surface area contributed by atoms with Crippen molar-refractivity contribution in [3.63, 3.8) is 0 Å². The number of hydrogen-bond donors (Lipinski definition) is 3. The molecule has 0 aliphatic rings. The van der Waals surface area contributed by atoms with Crippen LogP contribution < -0.4 is 10.0 Å². The second-order valence-corrected chi connectivity index (χ2v) is 6.78. The summed E-state index contributed by atoms with van der Waals surface area (Å²) in [6.07, 6.45) is 0.474. The predicted octanol–water partition coefficient (Wildman–Crippen LogP) is 1.90. The maximum absolute atomic E-state index is 12.2. The third kappa shape index (κ3) is 5.02. The SMILES string of the molecule is CCC(CNc1ccccc1S(=O)(=O)NC(C)C)C(=O)O. The molecule has 1 aromatic carbocycles. The molecule has 118 valence electrons. The van der Waals surface area contributed by atoms with Gasteiger partial charge in [0.2, 0.25) is 10.0 Å². The van der Waals surface area contributed by atoms with E-state index in [2.05, 4.69) is 10.0 Å². The van der Waals surface area contributed by atoms with Gasteiger partial charge in [-0.25, -0.2) is 13.1 Å². The van der Waals surface area contributed by atoms with E-state index < -0.39 is 21.9 Å². The van der Waals surface area contributed by atoms with Gasteiger partial charge in [0.1, 0.15) is 4.90 Å². The zero-order valence-electron chi connectivity index (χ0n) is 12.5. The monoisotopic (exact) mass is 314 g/mol. The largest absolute Gasteiger partial charge is 0.481 e. The van der Waals surface area contributed by atoms with Crippen molar-refractivity contribution in [2.45, 2.75) is 38.1 Å². The minimum absolute atomic E-state index is 0.124. The second kappa shape index (κ2) is 7.42. The van der Waals surface area contributed by atoms with Gasteiger partial charge in [-0.2, -0.15) is 0 Å². The molecule has 1 aromatic rings. The number of para-hydroxylation sites is 1. The summed E-state index contributed by atoms with van der Waals surface area (Å²) in [4.78, 5) is 11.1. The van der Waals surface area contributed by atoms with Crippen LogP contribution in [-0.2, 0) is 14.8 Å². The van der Waals surface area contributed by atoms with Gasteiger partial charge in [-0.1, -0.05) is 19.1 Å². The van der Waals surface area contributed by atoms with E-state index in [9.17, 15) is 13.2 Å². The maximum atomic E-state index is 12.2. The quantitative estimate of drug-likeness (QED) is 0.681. The first kappa shape index (κ1) is 17.5. The van der Waals surface area contributed by atoms with Crippen molar-refractivity contribution >= 4 is 21.7 Å². The van der Waals surface area contributed by atoms with Crippen molar-refractivity contribution < 1.29 is 18.3 Å². The molecule has 21 heavy (non-hydrogen) atoms. The van der Waals surface area contributed by atoms with E-state index in [0.717, 1.165) is 0 Å². The first-order chi connectivity index (χ1) is 9.77. The molecule has 0 heterocycles. The van der Waals surface area contributed by atoms with Crippen LogP contribution in [0.25, 0.3) is 0 Å². The Labute approximate surface area is 125 Å². The Kier molecular flexibility index (Phi) is 6.17. The van der Waals surface area contributed by atoms with Gasteiger partial charge in [-0.15, -0.1) is 0 Å². The molecule has 0 aliphatic heterocycles. The second-order valence-electron chi connectivity index (χ2n) is 5.10. The minimum atomic E-state index is -3.62. The fraction of sp³-hybridized carbons (Fsp3) is 0.500. The molecular weight excluding hydrogens is 292 g/mol. The van der Waals surface area contributed by atoms with Crippen LogP contribution in [0.5, 0.6) is 0 Å². The average Bonchev–Trinajstić information content (AvgIpc) is 2.38. The lowest BCUT2D eigenvalue weighted by Gasteiger charge is -2.16. The number of hydrogen-bond acceptors (Lipinski definition) is 4. The summed E-state index contributed by atoms with van der Waals surface area (Å²) < 4.78 is 27.0. The van der Waals surface area contributed by atoms with E-state index >= 15 is 0 Å². The van der Waals surface area contributed by atoms with E-state index in [0.29, 0.717) is 12.1 Å². The molecule has 3 N–H and O–H groups in total. The van der Waals surface area contributed by atoms with Crippen LogP contribution in [0.3, 0.4) is 0 Å². The molecular formula is C14H22N2O4S. The Hall–Kier alpha value is -1.60. The number of rotatable bonds is 8. The highest BCUT2D eigenvalue weighted by atomic mass is 32.2. The lowest BCUT2D eigenvalue weighted by atomic mass is 10.1. The van der Waals surface area contributed by atoms with Crippen molar-refractivity contribution in [1.29, 1.82) is 0 Å². The third-order valence-electron chi connectivity index (χ3n) is 2.95. The van der Waals surface area contributed by atoms with Gasteiger partial charge in [0, 0.05) is 12.6 Å². The van der Waals surface area contributed by atoms with Gasteiger partial charge in [0.05, 0.1) is 11.6 Å². The lowest BCUT2D eigenvalue weighted by Crippen LogP contribution is -2.31. The van der Waals surface area contributed by atoms with Crippen LogP contribution in [0, 0.1) is 5.92 Å². The summed E-state index contributed by atoms with van der Waals surface area (Å²) in [6, 6.07) is 6.25. The molecule has 0 saturated heterocycles. The summed E-state index contributed by atoms with van der Waals surface area (Å²) in [5.41, 5.74) is 0.408. The molecule has 0 amide bonds. The minimum Gasteiger partial charge on any atom is -0.481 e. The number of nitrogens with one attached hydrogen (secondary N) is 2. The van der Waals surface area contributed by atoms with Crippen molar-refractivity contribution in [2.75, 3.05) is 11.9 Å². The summed E-state index contributed by atoms with van der Waals surface area (Å²) in [5, 5.41) is 12.0. The zero-order valence-corrected chi connectivity index (χ0v) is 13.3. The summed E-state index contributed by atoms with van der Waals surface area (Å²) in [6.45, 7) is 5.44. The van der Waals surface area contributed by atoms with Gasteiger partial charge in [0.25, 0.3) is 0 Å². The van der Waals surface area contributed by atoms with Gasteiger partial charge in [-0.3, -0.25) is 4.79 Å². The van der Waals surface area contributed by atoms with E-state index in [1.165, 1.54) is 6.07 Å². The number of aliphatic carboxylic acids is 1. The Morgan fingerprint density at radius 1 is 1.29 bits per heavy atom. The van der Waals surface area contributed by atoms with Gasteiger partial charge >= 0.3 is 5.97 Å². The molecule has 1 unspecified atom stereocenters. The van der Waals surface area contributed by atoms with Crippen LogP contribution in [-0.4, -0.2) is 32.1 Å². The average molecular weight is 314 g/mol. The molecule has 0 aromatic heterocycles. The van der Waals surface area contributed by atoms with Crippen LogP contribution >= 0.6 is 0 Å². The van der Waals surface area contributed by atoms with Gasteiger partial charge in [0.15, 0.2) is 0 Å². The van der Waals surface area contributed by atoms with Crippen molar-refractivity contribution in [3.8, 4) is 0 Å². The maximum Gasteiger partial charge on any atom is 0.308 e. The number of benzene rings is 1. The van der Waals surface area contributed by atoms with E-state index in [1.807, 2.05) is 0 Å². The number of carboxylic acids is 1. The summed E-state index contributed by atoms with van der Waals surface area (Å²) in [5.74, 6) is -1.45. The molecule has 1 rings (SSSR count). The van der Waals surface area contributed by atoms with Crippen LogP contribution in [0.2, 0.25) is 0 Å². The fourth-order valence-electron chi connectivity index (χ4n) is 1.86. The Balaban J connectivity index is 2.97. The highest BCUT2D eigenvalue weighted by molar-refractivity contribution is 7.89. The van der Waals surface area contributed by atoms with Gasteiger partial charge in [-0.05, 0) is 32.4 Å². The van der Waals surface area contributed by atoms with E-state index in [4.69, 9.17) is 5.11 Å². The number of carboxylic acid groups (broad SMARTS) is 1. The third-order valence-corrected chi connectivity index (χ3v) is 4.67. The molecule has 0 bridgehead atoms. The lowest BCUT2D eigenvalue weighted by molar-refractivity contribution is -0.141. The topological polar surface area (TPSA) is 95.5 Å². The molecule has 0 aliphatic carbocycles. The molecule has 1 atom stereocenters. The number of sulfonamides is 1. The van der Waals surface area contributed by atoms with Crippen molar-refractivity contribution in [3.05, 3.63) is 24.3 Å². The van der Waals surface area contributed by atoms with Crippen LogP contribution in [0.1, 0.15) is 27.2 Å². The number of anilines is 1. The molecule has 0 fully saturated rings. The molecule has 0 radical (unpaired) electrons. The predicted molar refractivity (Wildman–Crippen MR) is 81.8 cm³/mol. The molecule has 7 heteroatoms. The Bertz CT molecular complexity index is 584. The summed E-state index contributed by atoms with van der Waals surface area (Å²) >= 11 is 0. The number of carbonyl (C=O) groups is 1. The first-order valence-electron chi connectivity index (χ1n) is 6.86. The highest BCUT2D eigenvalue weighted by Gasteiger charge is 2.20.